The van der Waals surface area contributed by atoms with Gasteiger partial charge in [0.15, 0.2) is 0 Å². The van der Waals surface area contributed by atoms with E-state index in [2.05, 4.69) is 27.6 Å². The van der Waals surface area contributed by atoms with Crippen molar-refractivity contribution in [1.29, 1.82) is 0 Å². The van der Waals surface area contributed by atoms with Gasteiger partial charge in [-0.15, -0.1) is 11.6 Å². The number of halogens is 2. The molecule has 20 heavy (non-hydrogen) atoms. The first-order valence-electron chi connectivity index (χ1n) is 7.10. The standard InChI is InChI=1S/C15H19Cl2N3/c1-19(11-5-6-11)9-10-20-13-4-2-3-12(17)15(13)18-14(20)7-8-16/h2-4,11H,5-10H2,1H3. The highest BCUT2D eigenvalue weighted by atomic mass is 35.5. The molecule has 0 spiro atoms. The number of rotatable bonds is 6. The maximum absolute atomic E-state index is 6.25. The largest absolute Gasteiger partial charge is 0.327 e. The fraction of sp³-hybridized carbons (Fsp3) is 0.533. The maximum atomic E-state index is 6.25. The third-order valence-corrected chi connectivity index (χ3v) is 4.47. The summed E-state index contributed by atoms with van der Waals surface area (Å²) in [6, 6.07) is 6.74. The molecule has 0 N–H and O–H groups in total. The molecule has 1 aliphatic rings. The van der Waals surface area contributed by atoms with Crippen molar-refractivity contribution in [2.24, 2.45) is 0 Å². The van der Waals surface area contributed by atoms with Gasteiger partial charge in [0, 0.05) is 31.4 Å². The third-order valence-electron chi connectivity index (χ3n) is 3.97. The van der Waals surface area contributed by atoms with Crippen LogP contribution in [-0.2, 0) is 13.0 Å². The van der Waals surface area contributed by atoms with Gasteiger partial charge in [-0.1, -0.05) is 17.7 Å². The number of fused-ring (bicyclic) bond motifs is 1. The molecule has 1 fully saturated rings. The second-order valence-corrected chi connectivity index (χ2v) is 6.22. The summed E-state index contributed by atoms with van der Waals surface area (Å²) < 4.78 is 2.27. The molecule has 5 heteroatoms. The average Bonchev–Trinajstić information content (AvgIpc) is 3.21. The Hall–Kier alpha value is -0.770. The van der Waals surface area contributed by atoms with Gasteiger partial charge in [0.25, 0.3) is 0 Å². The monoisotopic (exact) mass is 311 g/mol. The lowest BCUT2D eigenvalue weighted by Gasteiger charge is -2.17. The summed E-state index contributed by atoms with van der Waals surface area (Å²) in [4.78, 5) is 7.10. The van der Waals surface area contributed by atoms with Crippen LogP contribution < -0.4 is 0 Å². The van der Waals surface area contributed by atoms with Gasteiger partial charge in [-0.05, 0) is 32.0 Å². The van der Waals surface area contributed by atoms with Gasteiger partial charge >= 0.3 is 0 Å². The van der Waals surface area contributed by atoms with Crippen LogP contribution in [0.5, 0.6) is 0 Å². The lowest BCUT2D eigenvalue weighted by Crippen LogP contribution is -2.25. The Morgan fingerprint density at radius 1 is 1.40 bits per heavy atom. The number of para-hydroxylation sites is 1. The Labute approximate surface area is 129 Å². The summed E-state index contributed by atoms with van der Waals surface area (Å²) in [5.41, 5.74) is 2.00. The Kier molecular flexibility index (Phi) is 4.20. The summed E-state index contributed by atoms with van der Waals surface area (Å²) in [6.45, 7) is 1.98. The smallest absolute Gasteiger partial charge is 0.111 e. The highest BCUT2D eigenvalue weighted by Gasteiger charge is 2.25. The molecular formula is C15H19Cl2N3. The van der Waals surface area contributed by atoms with E-state index in [-0.39, 0.29) is 0 Å². The highest BCUT2D eigenvalue weighted by molar-refractivity contribution is 6.34. The molecule has 1 saturated carbocycles. The highest BCUT2D eigenvalue weighted by Crippen LogP contribution is 2.27. The Morgan fingerprint density at radius 3 is 2.90 bits per heavy atom. The number of nitrogens with zero attached hydrogens (tertiary/aromatic N) is 3. The molecule has 3 rings (SSSR count). The molecule has 2 aromatic rings. The van der Waals surface area contributed by atoms with Crippen LogP contribution in [0, 0.1) is 0 Å². The van der Waals surface area contributed by atoms with Crippen LogP contribution in [0.3, 0.4) is 0 Å². The predicted octanol–water partition coefficient (Wildman–Crippen LogP) is 3.57. The number of benzene rings is 1. The van der Waals surface area contributed by atoms with Crippen molar-refractivity contribution in [1.82, 2.24) is 14.5 Å². The number of imidazole rings is 1. The fourth-order valence-electron chi connectivity index (χ4n) is 2.64. The molecule has 0 radical (unpaired) electrons. The average molecular weight is 312 g/mol. The number of likely N-dealkylation sites (N-methyl/N-ethyl adjacent to an activating group) is 1. The molecule has 3 nitrogen and oxygen atoms in total. The molecule has 0 amide bonds. The lowest BCUT2D eigenvalue weighted by molar-refractivity contribution is 0.309. The van der Waals surface area contributed by atoms with E-state index in [4.69, 9.17) is 23.2 Å². The van der Waals surface area contributed by atoms with Crippen LogP contribution in [0.4, 0.5) is 0 Å². The lowest BCUT2D eigenvalue weighted by atomic mass is 10.3. The van der Waals surface area contributed by atoms with Crippen molar-refractivity contribution >= 4 is 34.2 Å². The first kappa shape index (κ1) is 14.2. The van der Waals surface area contributed by atoms with Crippen LogP contribution >= 0.6 is 23.2 Å². The molecule has 0 saturated heterocycles. The molecule has 1 aromatic heterocycles. The number of hydrogen-bond donors (Lipinski definition) is 0. The molecular weight excluding hydrogens is 293 g/mol. The Bertz CT molecular complexity index is 604. The van der Waals surface area contributed by atoms with Gasteiger partial charge in [0.1, 0.15) is 11.3 Å². The molecule has 1 aromatic carbocycles. The molecule has 0 aliphatic heterocycles. The first-order valence-corrected chi connectivity index (χ1v) is 8.02. The normalized spacial score (nSPS) is 15.4. The summed E-state index contributed by atoms with van der Waals surface area (Å²) in [5, 5.41) is 0.715. The van der Waals surface area contributed by atoms with Crippen LogP contribution in [0.15, 0.2) is 18.2 Å². The van der Waals surface area contributed by atoms with Gasteiger partial charge in [-0.3, -0.25) is 0 Å². The van der Waals surface area contributed by atoms with Crippen molar-refractivity contribution in [3.05, 3.63) is 29.0 Å². The van der Waals surface area contributed by atoms with Crippen LogP contribution in [0.1, 0.15) is 18.7 Å². The number of alkyl halides is 1. The maximum Gasteiger partial charge on any atom is 0.111 e. The minimum atomic E-state index is 0.583. The number of aromatic nitrogens is 2. The molecule has 0 atom stereocenters. The molecule has 0 bridgehead atoms. The number of hydrogen-bond acceptors (Lipinski definition) is 2. The van der Waals surface area contributed by atoms with Gasteiger partial charge in [0.2, 0.25) is 0 Å². The van der Waals surface area contributed by atoms with Gasteiger partial charge in [0.05, 0.1) is 10.5 Å². The van der Waals surface area contributed by atoms with Crippen molar-refractivity contribution < 1.29 is 0 Å². The summed E-state index contributed by atoms with van der Waals surface area (Å²) >= 11 is 12.1. The second kappa shape index (κ2) is 5.92. The zero-order valence-electron chi connectivity index (χ0n) is 11.6. The van der Waals surface area contributed by atoms with E-state index in [0.29, 0.717) is 10.9 Å². The van der Waals surface area contributed by atoms with E-state index >= 15 is 0 Å². The quantitative estimate of drug-likeness (QED) is 0.761. The van der Waals surface area contributed by atoms with E-state index in [1.807, 2.05) is 12.1 Å². The van der Waals surface area contributed by atoms with E-state index in [1.54, 1.807) is 0 Å². The molecule has 1 heterocycles. The van der Waals surface area contributed by atoms with E-state index in [1.165, 1.54) is 12.8 Å². The Morgan fingerprint density at radius 2 is 2.20 bits per heavy atom. The van der Waals surface area contributed by atoms with Crippen molar-refractivity contribution in [3.8, 4) is 0 Å². The van der Waals surface area contributed by atoms with Crippen molar-refractivity contribution in [2.75, 3.05) is 19.5 Å². The number of aryl methyl sites for hydroxylation is 1. The molecule has 0 unspecified atom stereocenters. The van der Waals surface area contributed by atoms with Crippen molar-refractivity contribution in [2.45, 2.75) is 31.8 Å². The van der Waals surface area contributed by atoms with E-state index < -0.39 is 0 Å². The Balaban J connectivity index is 1.89. The van der Waals surface area contributed by atoms with Gasteiger partial charge < -0.3 is 9.47 Å². The van der Waals surface area contributed by atoms with E-state index in [9.17, 15) is 0 Å². The topological polar surface area (TPSA) is 21.1 Å². The molecule has 1 aliphatic carbocycles. The minimum Gasteiger partial charge on any atom is -0.327 e. The SMILES string of the molecule is CN(CCn1c(CCCl)nc2c(Cl)cccc21)C1CC1. The van der Waals surface area contributed by atoms with Gasteiger partial charge in [-0.2, -0.15) is 0 Å². The van der Waals surface area contributed by atoms with Crippen LogP contribution in [-0.4, -0.2) is 40.0 Å². The molecule has 108 valence electrons. The summed E-state index contributed by atoms with van der Waals surface area (Å²) in [7, 11) is 2.20. The minimum absolute atomic E-state index is 0.583. The second-order valence-electron chi connectivity index (χ2n) is 5.44. The zero-order valence-corrected chi connectivity index (χ0v) is 13.2. The van der Waals surface area contributed by atoms with Crippen LogP contribution in [0.25, 0.3) is 11.0 Å². The predicted molar refractivity (Wildman–Crippen MR) is 84.8 cm³/mol. The summed E-state index contributed by atoms with van der Waals surface area (Å²) in [6.07, 6.45) is 3.45. The first-order chi connectivity index (χ1) is 9.70. The van der Waals surface area contributed by atoms with E-state index in [0.717, 1.165) is 42.4 Å². The fourth-order valence-corrected chi connectivity index (χ4v) is 3.02. The summed E-state index contributed by atoms with van der Waals surface area (Å²) in [5.74, 6) is 1.62. The third kappa shape index (κ3) is 2.80. The zero-order chi connectivity index (χ0) is 14.1. The van der Waals surface area contributed by atoms with Crippen LogP contribution in [0.2, 0.25) is 5.02 Å². The van der Waals surface area contributed by atoms with Crippen molar-refractivity contribution in [3.63, 3.8) is 0 Å². The van der Waals surface area contributed by atoms with Gasteiger partial charge in [-0.25, -0.2) is 4.98 Å².